The van der Waals surface area contributed by atoms with Crippen LogP contribution in [0.4, 0.5) is 10.1 Å². The number of thioether (sulfide) groups is 1. The van der Waals surface area contributed by atoms with Crippen LogP contribution in [0.3, 0.4) is 0 Å². The highest BCUT2D eigenvalue weighted by Gasteiger charge is 2.33. The summed E-state index contributed by atoms with van der Waals surface area (Å²) in [6.45, 7) is 1.77. The first-order chi connectivity index (χ1) is 14.9. The van der Waals surface area contributed by atoms with Crippen LogP contribution in [-0.2, 0) is 9.53 Å². The van der Waals surface area contributed by atoms with Crippen molar-refractivity contribution >= 4 is 34.5 Å². The molecule has 1 heterocycles. The molecule has 7 nitrogen and oxygen atoms in total. The highest BCUT2D eigenvalue weighted by atomic mass is 32.2. The first kappa shape index (κ1) is 22.2. The van der Waals surface area contributed by atoms with Crippen LogP contribution in [0.2, 0.25) is 0 Å². The number of aromatic hydroxyl groups is 1. The van der Waals surface area contributed by atoms with E-state index in [4.69, 9.17) is 14.2 Å². The molecule has 0 aromatic heterocycles. The highest BCUT2D eigenvalue weighted by molar-refractivity contribution is 8.18. The molecule has 1 aliphatic heterocycles. The fourth-order valence-electron chi connectivity index (χ4n) is 2.82. The molecular formula is C22H20FNO6S. The Morgan fingerprint density at radius 3 is 2.48 bits per heavy atom. The molecule has 2 N–H and O–H groups in total. The quantitative estimate of drug-likeness (QED) is 0.620. The van der Waals surface area contributed by atoms with E-state index in [0.717, 1.165) is 11.8 Å². The van der Waals surface area contributed by atoms with Crippen molar-refractivity contribution < 1.29 is 33.6 Å². The number of aliphatic hydroxyl groups is 1. The summed E-state index contributed by atoms with van der Waals surface area (Å²) < 4.78 is 28.6. The van der Waals surface area contributed by atoms with Crippen molar-refractivity contribution in [3.05, 3.63) is 64.0 Å². The molecule has 0 saturated carbocycles. The first-order valence-corrected chi connectivity index (χ1v) is 9.99. The lowest BCUT2D eigenvalue weighted by Gasteiger charge is -2.10. The third-order valence-corrected chi connectivity index (χ3v) is 5.23. The van der Waals surface area contributed by atoms with Crippen LogP contribution in [0.1, 0.15) is 12.5 Å². The minimum atomic E-state index is -0.730. The molecule has 3 rings (SSSR count). The molecule has 0 unspecified atom stereocenters. The zero-order valence-electron chi connectivity index (χ0n) is 17.0. The van der Waals surface area contributed by atoms with Crippen LogP contribution in [0.5, 0.6) is 17.2 Å². The van der Waals surface area contributed by atoms with Gasteiger partial charge in [-0.2, -0.15) is 0 Å². The molecule has 2 aromatic rings. The van der Waals surface area contributed by atoms with E-state index >= 15 is 0 Å². The summed E-state index contributed by atoms with van der Waals surface area (Å²) in [6, 6.07) is 8.44. The summed E-state index contributed by atoms with van der Waals surface area (Å²) in [6.07, 6.45) is 1.56. The number of aliphatic imine (C=N–C) groups is 1. The van der Waals surface area contributed by atoms with Crippen molar-refractivity contribution in [2.75, 3.05) is 20.8 Å². The van der Waals surface area contributed by atoms with Gasteiger partial charge in [0, 0.05) is 0 Å². The molecular weight excluding hydrogens is 425 g/mol. The fraction of sp³-hybridized carbons (Fsp3) is 0.182. The van der Waals surface area contributed by atoms with Crippen molar-refractivity contribution in [1.29, 1.82) is 0 Å². The van der Waals surface area contributed by atoms with E-state index in [0.29, 0.717) is 21.9 Å². The summed E-state index contributed by atoms with van der Waals surface area (Å²) in [7, 11) is 2.84. The van der Waals surface area contributed by atoms with Crippen molar-refractivity contribution in [1.82, 2.24) is 0 Å². The number of carbonyl (C=O) groups excluding carboxylic acids is 1. The lowest BCUT2D eigenvalue weighted by atomic mass is 10.1. The standard InChI is InChI=1S/C22H20FNO6S/c1-4-30-22(27)18-19(26)17(31-21(18)24-14-7-5-13(23)6-8-14)11-12-9-15(25)20(29-3)16(10-12)28-2/h5-11,25-26H,4H2,1-3H3/b17-11+,24-21?. The second-order valence-electron chi connectivity index (χ2n) is 6.22. The van der Waals surface area contributed by atoms with Gasteiger partial charge >= 0.3 is 5.97 Å². The number of carbonyl (C=O) groups is 1. The number of halogens is 1. The zero-order chi connectivity index (χ0) is 22.5. The molecule has 0 radical (unpaired) electrons. The maximum atomic E-state index is 13.2. The van der Waals surface area contributed by atoms with E-state index < -0.39 is 11.8 Å². The van der Waals surface area contributed by atoms with Crippen LogP contribution in [-0.4, -0.2) is 42.1 Å². The van der Waals surface area contributed by atoms with Crippen LogP contribution < -0.4 is 9.47 Å². The third kappa shape index (κ3) is 4.83. The molecule has 0 aliphatic carbocycles. The Kier molecular flexibility index (Phi) is 6.86. The van der Waals surface area contributed by atoms with Gasteiger partial charge < -0.3 is 24.4 Å². The maximum absolute atomic E-state index is 13.2. The number of phenols is 1. The average molecular weight is 445 g/mol. The lowest BCUT2D eigenvalue weighted by molar-refractivity contribution is -0.138. The molecule has 0 bridgehead atoms. The Balaban J connectivity index is 2.06. The molecule has 0 fully saturated rings. The molecule has 2 aromatic carbocycles. The number of hydrogen-bond donors (Lipinski definition) is 2. The van der Waals surface area contributed by atoms with Gasteiger partial charge in [-0.15, -0.1) is 0 Å². The van der Waals surface area contributed by atoms with Gasteiger partial charge in [0.05, 0.1) is 31.4 Å². The van der Waals surface area contributed by atoms with Gasteiger partial charge in [-0.1, -0.05) is 11.8 Å². The number of hydrogen-bond acceptors (Lipinski definition) is 8. The monoisotopic (exact) mass is 445 g/mol. The highest BCUT2D eigenvalue weighted by Crippen LogP contribution is 2.42. The Bertz CT molecular complexity index is 1090. The summed E-state index contributed by atoms with van der Waals surface area (Å²) >= 11 is 1.04. The predicted octanol–water partition coefficient (Wildman–Crippen LogP) is 4.74. The Morgan fingerprint density at radius 1 is 1.16 bits per heavy atom. The van der Waals surface area contributed by atoms with E-state index in [1.807, 2.05) is 0 Å². The number of phenolic OH excluding ortho intramolecular Hbond substituents is 1. The minimum Gasteiger partial charge on any atom is -0.506 e. The summed E-state index contributed by atoms with van der Waals surface area (Å²) in [5.41, 5.74) is 0.811. The van der Waals surface area contributed by atoms with Crippen LogP contribution in [0.25, 0.3) is 6.08 Å². The van der Waals surface area contributed by atoms with E-state index in [9.17, 15) is 19.4 Å². The number of esters is 1. The topological polar surface area (TPSA) is 97.6 Å². The smallest absolute Gasteiger partial charge is 0.344 e. The molecule has 0 atom stereocenters. The number of methoxy groups -OCH3 is 2. The summed E-state index contributed by atoms with van der Waals surface area (Å²) in [5.74, 6) is -1.13. The second kappa shape index (κ2) is 9.57. The van der Waals surface area contributed by atoms with Gasteiger partial charge in [0.1, 0.15) is 22.2 Å². The zero-order valence-corrected chi connectivity index (χ0v) is 17.8. The molecule has 0 spiro atoms. The Hall–Kier alpha value is -3.46. The Labute approximate surface area is 182 Å². The van der Waals surface area contributed by atoms with Gasteiger partial charge in [0.2, 0.25) is 5.75 Å². The second-order valence-corrected chi connectivity index (χ2v) is 7.25. The third-order valence-electron chi connectivity index (χ3n) is 4.21. The van der Waals surface area contributed by atoms with Gasteiger partial charge in [-0.25, -0.2) is 14.2 Å². The normalized spacial score (nSPS) is 16.1. The van der Waals surface area contributed by atoms with Gasteiger partial charge in [-0.3, -0.25) is 0 Å². The molecule has 0 saturated heterocycles. The van der Waals surface area contributed by atoms with Crippen molar-refractivity contribution in [2.24, 2.45) is 4.99 Å². The number of ether oxygens (including phenoxy) is 3. The largest absolute Gasteiger partial charge is 0.506 e. The van der Waals surface area contributed by atoms with E-state index in [1.165, 1.54) is 44.6 Å². The molecule has 31 heavy (non-hydrogen) atoms. The average Bonchev–Trinajstić information content (AvgIpc) is 3.04. The van der Waals surface area contributed by atoms with Crippen molar-refractivity contribution in [2.45, 2.75) is 6.92 Å². The number of nitrogens with zero attached hydrogens (tertiary/aromatic N) is 1. The van der Waals surface area contributed by atoms with Crippen LogP contribution >= 0.6 is 11.8 Å². The molecule has 0 amide bonds. The fourth-order valence-corrected chi connectivity index (χ4v) is 3.86. The lowest BCUT2D eigenvalue weighted by Crippen LogP contribution is -2.12. The van der Waals surface area contributed by atoms with E-state index in [1.54, 1.807) is 19.1 Å². The first-order valence-electron chi connectivity index (χ1n) is 9.17. The van der Waals surface area contributed by atoms with E-state index in [2.05, 4.69) is 4.99 Å². The van der Waals surface area contributed by atoms with E-state index in [-0.39, 0.29) is 34.5 Å². The summed E-state index contributed by atoms with van der Waals surface area (Å²) in [5, 5.41) is 21.1. The van der Waals surface area contributed by atoms with Crippen molar-refractivity contribution in [3.8, 4) is 17.2 Å². The maximum Gasteiger partial charge on any atom is 0.344 e. The summed E-state index contributed by atoms with van der Waals surface area (Å²) in [4.78, 5) is 17.1. The number of aliphatic hydroxyl groups excluding tert-OH is 1. The van der Waals surface area contributed by atoms with Gasteiger partial charge in [0.25, 0.3) is 0 Å². The number of benzene rings is 2. The number of rotatable bonds is 6. The molecule has 1 aliphatic rings. The predicted molar refractivity (Wildman–Crippen MR) is 117 cm³/mol. The van der Waals surface area contributed by atoms with Gasteiger partial charge in [-0.05, 0) is 55.0 Å². The van der Waals surface area contributed by atoms with Crippen molar-refractivity contribution in [3.63, 3.8) is 0 Å². The van der Waals surface area contributed by atoms with Crippen LogP contribution in [0.15, 0.2) is 57.6 Å². The molecule has 9 heteroatoms. The Morgan fingerprint density at radius 2 is 1.87 bits per heavy atom. The SMILES string of the molecule is CCOC(=O)C1=C(O)/C(=C\c2cc(O)c(OC)c(OC)c2)SC1=Nc1ccc(F)cc1. The molecule has 162 valence electrons. The van der Waals surface area contributed by atoms with Gasteiger partial charge in [0.15, 0.2) is 11.5 Å². The minimum absolute atomic E-state index is 0.0906. The van der Waals surface area contributed by atoms with Crippen LogP contribution in [0, 0.1) is 5.82 Å².